The van der Waals surface area contributed by atoms with Crippen LogP contribution in [0.1, 0.15) is 54.5 Å². The van der Waals surface area contributed by atoms with E-state index in [0.29, 0.717) is 40.8 Å². The molecule has 8 nitrogen and oxygen atoms in total. The number of fused-ring (bicyclic) bond motifs is 1. The van der Waals surface area contributed by atoms with Gasteiger partial charge in [0, 0.05) is 5.69 Å². The molecule has 0 fully saturated rings. The number of rotatable bonds is 11. The maximum atomic E-state index is 14.5. The Balaban J connectivity index is 1.82. The van der Waals surface area contributed by atoms with Crippen molar-refractivity contribution in [2.75, 3.05) is 18.5 Å². The summed E-state index contributed by atoms with van der Waals surface area (Å²) in [5.41, 5.74) is 0.615. The number of para-hydroxylation sites is 1. The average molecular weight is 560 g/mol. The number of aliphatic hydroxyl groups is 2. The Morgan fingerprint density at radius 2 is 1.17 bits per heavy atom. The lowest BCUT2D eigenvalue weighted by Crippen LogP contribution is -2.67. The van der Waals surface area contributed by atoms with Gasteiger partial charge in [0.05, 0.1) is 31.3 Å². The molecule has 2 bridgehead atoms. The van der Waals surface area contributed by atoms with Crippen molar-refractivity contribution in [2.24, 2.45) is 11.8 Å². The molecule has 0 heterocycles. The van der Waals surface area contributed by atoms with Gasteiger partial charge < -0.3 is 30.1 Å². The molecule has 3 aromatic rings. The van der Waals surface area contributed by atoms with Gasteiger partial charge in [-0.3, -0.25) is 9.59 Å². The monoisotopic (exact) mass is 559 g/mol. The van der Waals surface area contributed by atoms with Crippen molar-refractivity contribution in [3.63, 3.8) is 0 Å². The Hall–Kier alpha value is -3.56. The van der Waals surface area contributed by atoms with Gasteiger partial charge in [-0.25, -0.2) is 0 Å². The molecule has 3 aromatic carbocycles. The third-order valence-corrected chi connectivity index (χ3v) is 8.56. The number of benzene rings is 3. The molecule has 4 N–H and O–H groups in total. The second-order valence-corrected chi connectivity index (χ2v) is 10.9. The molecule has 0 saturated carbocycles. The van der Waals surface area contributed by atoms with Crippen LogP contribution < -0.4 is 5.32 Å². The summed E-state index contributed by atoms with van der Waals surface area (Å²) in [6, 6.07) is 21.8. The minimum Gasteiger partial charge on any atom is -0.481 e. The molecule has 0 radical (unpaired) electrons. The zero-order valence-electron chi connectivity index (χ0n) is 23.5. The summed E-state index contributed by atoms with van der Waals surface area (Å²) in [5.74, 6) is -4.47. The minimum absolute atomic E-state index is 0.109. The first-order valence-electron chi connectivity index (χ1n) is 14.2. The van der Waals surface area contributed by atoms with E-state index in [-0.39, 0.29) is 13.2 Å². The van der Waals surface area contributed by atoms with Crippen LogP contribution in [0.3, 0.4) is 0 Å². The largest absolute Gasteiger partial charge is 0.481 e. The van der Waals surface area contributed by atoms with E-state index in [1.54, 1.807) is 24.3 Å². The normalized spacial score (nSPS) is 25.6. The molecule has 0 aromatic heterocycles. The van der Waals surface area contributed by atoms with E-state index < -0.39 is 47.1 Å². The van der Waals surface area contributed by atoms with Crippen LogP contribution in [-0.2, 0) is 30.3 Å². The number of nitrogens with one attached hydrogen (secondary N) is 1. The molecule has 8 heteroatoms. The highest BCUT2D eigenvalue weighted by molar-refractivity contribution is 5.99. The fourth-order valence-corrected chi connectivity index (χ4v) is 6.45. The zero-order chi connectivity index (χ0) is 29.4. The number of aliphatic carboxylic acids is 1. The van der Waals surface area contributed by atoms with Crippen molar-refractivity contribution < 1.29 is 34.4 Å². The second kappa shape index (κ2) is 11.4. The van der Waals surface area contributed by atoms with E-state index in [1.807, 2.05) is 69.3 Å². The average Bonchev–Trinajstić information content (AvgIpc) is 2.99. The molecule has 0 saturated heterocycles. The molecule has 1 amide bonds. The van der Waals surface area contributed by atoms with Crippen LogP contribution in [0.4, 0.5) is 5.69 Å². The number of hydrogen-bond donors (Lipinski definition) is 4. The summed E-state index contributed by atoms with van der Waals surface area (Å²) in [7, 11) is 0. The highest BCUT2D eigenvalue weighted by atomic mass is 16.5. The van der Waals surface area contributed by atoms with E-state index in [2.05, 4.69) is 5.32 Å². The number of carboxylic acids is 1. The Morgan fingerprint density at radius 1 is 0.756 bits per heavy atom. The van der Waals surface area contributed by atoms with Crippen LogP contribution in [0.25, 0.3) is 0 Å². The summed E-state index contributed by atoms with van der Waals surface area (Å²) in [5, 5.41) is 35.1. The first-order valence-corrected chi connectivity index (χ1v) is 14.2. The van der Waals surface area contributed by atoms with Crippen molar-refractivity contribution in [1.82, 2.24) is 0 Å². The number of aryl methyl sites for hydroxylation is 1. The maximum absolute atomic E-state index is 14.5. The predicted octanol–water partition coefficient (Wildman–Crippen LogP) is 4.34. The van der Waals surface area contributed by atoms with Crippen LogP contribution in [0.15, 0.2) is 72.8 Å². The lowest BCUT2D eigenvalue weighted by Gasteiger charge is -2.60. The Labute approximate surface area is 239 Å². The summed E-state index contributed by atoms with van der Waals surface area (Å²) >= 11 is 0. The molecule has 216 valence electrons. The molecular formula is C33H37NO7. The van der Waals surface area contributed by atoms with Crippen molar-refractivity contribution in [3.8, 4) is 0 Å². The third kappa shape index (κ3) is 4.55. The van der Waals surface area contributed by atoms with Crippen LogP contribution in [-0.4, -0.2) is 52.6 Å². The van der Waals surface area contributed by atoms with Crippen LogP contribution >= 0.6 is 0 Å². The van der Waals surface area contributed by atoms with Gasteiger partial charge in [0.25, 0.3) is 0 Å². The molecular weight excluding hydrogens is 522 g/mol. The number of carbonyl (C=O) groups is 2. The number of carbonyl (C=O) groups excluding carboxylic acids is 1. The number of anilines is 1. The lowest BCUT2D eigenvalue weighted by molar-refractivity contribution is -0.204. The van der Waals surface area contributed by atoms with Crippen molar-refractivity contribution in [1.29, 1.82) is 0 Å². The fourth-order valence-electron chi connectivity index (χ4n) is 6.45. The minimum atomic E-state index is -1.59. The van der Waals surface area contributed by atoms with Gasteiger partial charge in [-0.05, 0) is 53.6 Å². The van der Waals surface area contributed by atoms with E-state index in [4.69, 9.17) is 9.47 Å². The number of amides is 1. The van der Waals surface area contributed by atoms with Gasteiger partial charge >= 0.3 is 5.97 Å². The standard InChI is InChI=1S/C33H37NO7/c1-4-21(35)18-40-32-23-13-7-9-15-25(23)33(41-19-22(36)5-2,26-16-10-8-14-24(26)32)29(31(38)39)28(32)30(37)34-27-17-11-6-12-20(27)3/h6-17,21-22,28-29,35-36H,4-5,18-19H2,1-3H3,(H,34,37)(H,38,39). The first kappa shape index (κ1) is 29.0. The van der Waals surface area contributed by atoms with Crippen LogP contribution in [0, 0.1) is 18.8 Å². The summed E-state index contributed by atoms with van der Waals surface area (Å²) in [6.45, 7) is 5.28. The molecule has 4 unspecified atom stereocenters. The van der Waals surface area contributed by atoms with Gasteiger partial charge in [-0.15, -0.1) is 0 Å². The molecule has 0 aliphatic heterocycles. The summed E-state index contributed by atoms with van der Waals surface area (Å²) in [4.78, 5) is 27.9. The molecule has 3 aliphatic carbocycles. The van der Waals surface area contributed by atoms with Crippen LogP contribution in [0.2, 0.25) is 0 Å². The highest BCUT2D eigenvalue weighted by Crippen LogP contribution is 2.65. The summed E-state index contributed by atoms with van der Waals surface area (Å²) < 4.78 is 13.2. The molecule has 4 atom stereocenters. The Bertz CT molecular complexity index is 1390. The fraction of sp³-hybridized carbons (Fsp3) is 0.394. The topological polar surface area (TPSA) is 125 Å². The SMILES string of the molecule is CCC(O)COC12c3ccccc3C(OCC(O)CC)(c3ccccc31)C(C(=O)Nc1ccccc1C)C2C(=O)O. The van der Waals surface area contributed by atoms with Crippen molar-refractivity contribution in [2.45, 2.75) is 57.0 Å². The number of ether oxygens (including phenoxy) is 2. The summed E-state index contributed by atoms with van der Waals surface area (Å²) in [6.07, 6.45) is -0.821. The zero-order valence-corrected chi connectivity index (χ0v) is 23.5. The van der Waals surface area contributed by atoms with E-state index in [0.717, 1.165) is 5.56 Å². The van der Waals surface area contributed by atoms with Crippen LogP contribution in [0.5, 0.6) is 0 Å². The number of carboxylic acid groups (broad SMARTS) is 1. The van der Waals surface area contributed by atoms with Crippen molar-refractivity contribution >= 4 is 17.6 Å². The first-order chi connectivity index (χ1) is 19.7. The number of hydrogen-bond acceptors (Lipinski definition) is 6. The van der Waals surface area contributed by atoms with Gasteiger partial charge in [0.2, 0.25) is 5.91 Å². The Kier molecular flexibility index (Phi) is 8.03. The third-order valence-electron chi connectivity index (χ3n) is 8.56. The van der Waals surface area contributed by atoms with E-state index >= 15 is 0 Å². The molecule has 3 aliphatic rings. The molecule has 0 spiro atoms. The van der Waals surface area contributed by atoms with Gasteiger partial charge in [0.15, 0.2) is 0 Å². The maximum Gasteiger partial charge on any atom is 0.311 e. The molecule has 41 heavy (non-hydrogen) atoms. The highest BCUT2D eigenvalue weighted by Gasteiger charge is 2.71. The van der Waals surface area contributed by atoms with Gasteiger partial charge in [-0.1, -0.05) is 80.6 Å². The quantitative estimate of drug-likeness (QED) is 0.275. The number of aliphatic hydroxyl groups excluding tert-OH is 2. The van der Waals surface area contributed by atoms with Gasteiger partial charge in [0.1, 0.15) is 17.1 Å². The smallest absolute Gasteiger partial charge is 0.311 e. The Morgan fingerprint density at radius 3 is 1.59 bits per heavy atom. The van der Waals surface area contributed by atoms with E-state index in [9.17, 15) is 24.9 Å². The molecule has 6 rings (SSSR count). The van der Waals surface area contributed by atoms with E-state index in [1.165, 1.54) is 0 Å². The van der Waals surface area contributed by atoms with Gasteiger partial charge in [-0.2, -0.15) is 0 Å². The second-order valence-electron chi connectivity index (χ2n) is 10.9. The van der Waals surface area contributed by atoms with Crippen molar-refractivity contribution in [3.05, 3.63) is 101 Å². The predicted molar refractivity (Wildman–Crippen MR) is 153 cm³/mol. The lowest BCUT2D eigenvalue weighted by atomic mass is 9.49.